The van der Waals surface area contributed by atoms with Crippen LogP contribution in [0, 0.1) is 21.4 Å². The molecule has 18 heteroatoms. The lowest BCUT2D eigenvalue weighted by atomic mass is 9.59. The van der Waals surface area contributed by atoms with E-state index in [1.54, 1.807) is 44.3 Å². The Morgan fingerprint density at radius 3 is 2.49 bits per heavy atom. The zero-order valence-electron chi connectivity index (χ0n) is 40.9. The van der Waals surface area contributed by atoms with Crippen LogP contribution in [0.4, 0.5) is 17.1 Å². The summed E-state index contributed by atoms with van der Waals surface area (Å²) >= 11 is 0. The van der Waals surface area contributed by atoms with Gasteiger partial charge in [0.05, 0.1) is 33.1 Å². The number of hydrogen-bond donors (Lipinski definition) is 5. The summed E-state index contributed by atoms with van der Waals surface area (Å²) in [5.74, 6) is -0.290. The van der Waals surface area contributed by atoms with Gasteiger partial charge in [0, 0.05) is 60.6 Å². The fraction of sp³-hybridized carbons (Fsp3) is 0.509. The number of sulfonamides is 1. The van der Waals surface area contributed by atoms with Crippen LogP contribution >= 0.6 is 0 Å². The van der Waals surface area contributed by atoms with Crippen LogP contribution in [0.1, 0.15) is 125 Å². The number of aliphatic hydroxyl groups is 2. The van der Waals surface area contributed by atoms with E-state index in [1.165, 1.54) is 36.1 Å². The third kappa shape index (κ3) is 10.00. The Kier molecular flexibility index (Phi) is 13.2. The van der Waals surface area contributed by atoms with E-state index < -0.39 is 43.1 Å². The minimum atomic E-state index is -4.74. The molecule has 17 nitrogen and oxygen atoms in total. The summed E-state index contributed by atoms with van der Waals surface area (Å²) in [6, 6.07) is 20.3. The highest BCUT2D eigenvalue weighted by molar-refractivity contribution is 7.90. The highest BCUT2D eigenvalue weighted by atomic mass is 32.2. The third-order valence-electron chi connectivity index (χ3n) is 15.8. The number of piperidine rings is 1. The van der Waals surface area contributed by atoms with Crippen molar-refractivity contribution in [1.82, 2.24) is 19.6 Å². The Morgan fingerprint density at radius 2 is 1.76 bits per heavy atom. The van der Waals surface area contributed by atoms with Crippen molar-refractivity contribution in [3.63, 3.8) is 0 Å². The van der Waals surface area contributed by atoms with Crippen molar-refractivity contribution in [2.75, 3.05) is 43.1 Å². The van der Waals surface area contributed by atoms with Crippen LogP contribution in [0.5, 0.6) is 23.1 Å². The molecule has 1 amide bonds. The topological polar surface area (TPSA) is 222 Å². The minimum Gasteiger partial charge on any atom is -0.489 e. The number of nitro groups is 1. The largest absolute Gasteiger partial charge is 0.489 e. The predicted octanol–water partition coefficient (Wildman–Crippen LogP) is 8.97. The quantitative estimate of drug-likeness (QED) is 0.0518. The molecule has 3 aliphatic heterocycles. The molecule has 1 spiro atoms. The van der Waals surface area contributed by atoms with Gasteiger partial charge in [-0.1, -0.05) is 38.1 Å². The summed E-state index contributed by atoms with van der Waals surface area (Å²) in [4.78, 5) is 38.3. The molecule has 3 atom stereocenters. The van der Waals surface area contributed by atoms with E-state index in [0.717, 1.165) is 57.1 Å². The van der Waals surface area contributed by atoms with E-state index in [-0.39, 0.29) is 65.0 Å². The molecule has 5 aromatic rings. The van der Waals surface area contributed by atoms with Gasteiger partial charge >= 0.3 is 0 Å². The molecular formula is C53H65N7O10S. The van der Waals surface area contributed by atoms with Crippen LogP contribution in [0.2, 0.25) is 0 Å². The molecule has 71 heavy (non-hydrogen) atoms. The number of aromatic nitrogens is 2. The van der Waals surface area contributed by atoms with Gasteiger partial charge in [0.1, 0.15) is 24.6 Å². The minimum absolute atomic E-state index is 0.0229. The van der Waals surface area contributed by atoms with Crippen molar-refractivity contribution in [2.24, 2.45) is 11.3 Å². The Bertz CT molecular complexity index is 2910. The zero-order valence-corrected chi connectivity index (χ0v) is 41.7. The van der Waals surface area contributed by atoms with E-state index in [0.29, 0.717) is 54.7 Å². The number of rotatable bonds is 14. The second-order valence-corrected chi connectivity index (χ2v) is 23.0. The standard InChI is InChI=1S/C53H65N7O10S/c1-32(2)39-8-5-6-9-40(39)43-10-7-21-59(43)37-28-53(29-37)18-22-58(23-19-53)36-11-12-41(45(25-36)70-47-24-35-15-20-54-49(35)56-51(47)69-30-33(3)61)50(62)57-71(66,67)38-26-44(60(64)65)48-46(27-38)68-31-42(55-48)34-13-16-52(4,63)17-14-34/h5-6,8-9,11-12,15,20,24-27,32-34,37,42-43,55,61,63H,7,10,13-14,16-19,21-23,28-31H2,1-4H3,(H,54,56)(H,57,62)/t33-,34?,42-,43+,52?/m1/s1. The Hall–Kier alpha value is -5.95. The van der Waals surface area contributed by atoms with Crippen LogP contribution in [-0.2, 0) is 10.0 Å². The number of aliphatic hydroxyl groups excluding tert-OH is 1. The van der Waals surface area contributed by atoms with Gasteiger partial charge in [-0.15, -0.1) is 0 Å². The number of nitrogens with zero attached hydrogens (tertiary/aromatic N) is 4. The van der Waals surface area contributed by atoms with Gasteiger partial charge in [0.2, 0.25) is 0 Å². The van der Waals surface area contributed by atoms with Crippen LogP contribution in [0.25, 0.3) is 11.0 Å². The molecule has 3 aromatic carbocycles. The van der Waals surface area contributed by atoms with Gasteiger partial charge in [-0.05, 0) is 137 Å². The van der Waals surface area contributed by atoms with Crippen molar-refractivity contribution >= 4 is 44.0 Å². The van der Waals surface area contributed by atoms with Crippen LogP contribution in [-0.4, -0.2) is 101 Å². The van der Waals surface area contributed by atoms with E-state index in [2.05, 4.69) is 67.9 Å². The molecule has 10 rings (SSSR count). The number of carbonyl (C=O) groups excluding carboxylic acids is 1. The number of nitro benzene ring substituents is 1. The Labute approximate surface area is 414 Å². The van der Waals surface area contributed by atoms with Gasteiger partial charge < -0.3 is 39.6 Å². The maximum absolute atomic E-state index is 14.3. The molecule has 5 aliphatic rings. The average Bonchev–Trinajstić information content (AvgIpc) is 4.02. The molecular weight excluding hydrogens is 927 g/mol. The molecule has 5 N–H and O–H groups in total. The summed E-state index contributed by atoms with van der Waals surface area (Å²) in [6.45, 7) is 10.7. The Morgan fingerprint density at radius 1 is 1.00 bits per heavy atom. The molecule has 5 heterocycles. The van der Waals surface area contributed by atoms with E-state index in [9.17, 15) is 33.5 Å². The number of aromatic amines is 1. The average molecular weight is 992 g/mol. The van der Waals surface area contributed by atoms with E-state index >= 15 is 0 Å². The van der Waals surface area contributed by atoms with Gasteiger partial charge in [-0.3, -0.25) is 19.8 Å². The van der Waals surface area contributed by atoms with Crippen molar-refractivity contribution in [1.29, 1.82) is 0 Å². The lowest BCUT2D eigenvalue weighted by Gasteiger charge is -2.56. The van der Waals surface area contributed by atoms with Crippen LogP contribution in [0.15, 0.2) is 77.8 Å². The SMILES string of the molecule is CC(C)c1ccccc1[C@@H]1CCCN1C1CC2(CCN(c3ccc(C(=O)NS(=O)(=O)c4cc5c(c([N+](=O)[O-])c4)N[C@@H](C4CCC(C)(O)CC4)CO5)c(Oc4cc5cc[nH]c5nc4OC[C@@H](C)O)c3)CC2)C1. The number of amides is 1. The second kappa shape index (κ2) is 19.2. The molecule has 2 aromatic heterocycles. The summed E-state index contributed by atoms with van der Waals surface area (Å²) in [5.41, 5.74) is 3.12. The number of carbonyl (C=O) groups is 1. The first kappa shape index (κ1) is 48.7. The number of hydrogen-bond acceptors (Lipinski definition) is 14. The van der Waals surface area contributed by atoms with E-state index in [1.807, 2.05) is 0 Å². The van der Waals surface area contributed by atoms with E-state index in [4.69, 9.17) is 14.2 Å². The van der Waals surface area contributed by atoms with Crippen molar-refractivity contribution < 1.29 is 42.6 Å². The fourth-order valence-electron chi connectivity index (χ4n) is 11.8. The fourth-order valence-corrected chi connectivity index (χ4v) is 12.8. The molecule has 378 valence electrons. The smallest absolute Gasteiger partial charge is 0.297 e. The molecule has 2 aliphatic carbocycles. The molecule has 2 saturated heterocycles. The van der Waals surface area contributed by atoms with Crippen LogP contribution in [0.3, 0.4) is 0 Å². The lowest BCUT2D eigenvalue weighted by molar-refractivity contribution is -0.384. The third-order valence-corrected chi connectivity index (χ3v) is 17.1. The van der Waals surface area contributed by atoms with Gasteiger partial charge in [0.25, 0.3) is 27.5 Å². The maximum Gasteiger partial charge on any atom is 0.297 e. The van der Waals surface area contributed by atoms with Gasteiger partial charge in [-0.2, -0.15) is 4.98 Å². The first-order chi connectivity index (χ1) is 33.9. The monoisotopic (exact) mass is 991 g/mol. The lowest BCUT2D eigenvalue weighted by Crippen LogP contribution is -2.54. The molecule has 0 bridgehead atoms. The molecule has 0 radical (unpaired) electrons. The van der Waals surface area contributed by atoms with Crippen molar-refractivity contribution in [3.05, 3.63) is 99.7 Å². The summed E-state index contributed by atoms with van der Waals surface area (Å²) in [7, 11) is -4.74. The van der Waals surface area contributed by atoms with Gasteiger partial charge in [0.15, 0.2) is 17.2 Å². The van der Waals surface area contributed by atoms with Gasteiger partial charge in [-0.25, -0.2) is 13.1 Å². The summed E-state index contributed by atoms with van der Waals surface area (Å²) in [5, 5.41) is 37.0. The highest BCUT2D eigenvalue weighted by Gasteiger charge is 2.50. The highest BCUT2D eigenvalue weighted by Crippen LogP contribution is 2.54. The normalized spacial score (nSPS) is 23.9. The molecule has 0 unspecified atom stereocenters. The van der Waals surface area contributed by atoms with Crippen molar-refractivity contribution in [3.8, 4) is 23.1 Å². The number of fused-ring (bicyclic) bond motifs is 2. The second-order valence-electron chi connectivity index (χ2n) is 21.3. The Balaban J connectivity index is 0.891. The number of likely N-dealkylation sites (tertiary alicyclic amines) is 1. The number of ether oxygens (including phenoxy) is 3. The summed E-state index contributed by atoms with van der Waals surface area (Å²) in [6.07, 6.45) is 10.2. The summed E-state index contributed by atoms with van der Waals surface area (Å²) < 4.78 is 48.8. The molecule has 4 fully saturated rings. The predicted molar refractivity (Wildman–Crippen MR) is 269 cm³/mol. The maximum atomic E-state index is 14.3. The molecule has 2 saturated carbocycles. The number of H-pyrrole nitrogens is 1. The number of pyridine rings is 1. The zero-order chi connectivity index (χ0) is 49.8. The van der Waals surface area contributed by atoms with Crippen molar-refractivity contribution in [2.45, 2.75) is 133 Å². The number of benzene rings is 3. The first-order valence-electron chi connectivity index (χ1n) is 25.2. The number of anilines is 2. The van der Waals surface area contributed by atoms with Crippen LogP contribution < -0.4 is 29.1 Å². The first-order valence-corrected chi connectivity index (χ1v) is 26.6. The number of nitrogens with one attached hydrogen (secondary N) is 3.